The van der Waals surface area contributed by atoms with Gasteiger partial charge in [0.05, 0.1) is 6.61 Å². The van der Waals surface area contributed by atoms with E-state index in [1.54, 1.807) is 0 Å². The molecule has 15 heavy (non-hydrogen) atoms. The molecule has 0 amide bonds. The van der Waals surface area contributed by atoms with E-state index in [9.17, 15) is 0 Å². The standard InChI is InChI=1S/C12H14BrNO/c13-10-2-3-11-9(6-10)7-15-12(11)4-1-5-14-8-12/h2-3,6,14H,1,4-5,7-8H2. The summed E-state index contributed by atoms with van der Waals surface area (Å²) in [5.41, 5.74) is 2.69. The summed E-state index contributed by atoms with van der Waals surface area (Å²) in [4.78, 5) is 0. The molecule has 1 spiro atoms. The van der Waals surface area contributed by atoms with Crippen molar-refractivity contribution >= 4 is 15.9 Å². The summed E-state index contributed by atoms with van der Waals surface area (Å²) in [5, 5.41) is 3.44. The van der Waals surface area contributed by atoms with Crippen molar-refractivity contribution in [1.82, 2.24) is 5.32 Å². The first-order valence-electron chi connectivity index (χ1n) is 5.44. The normalized spacial score (nSPS) is 29.4. The van der Waals surface area contributed by atoms with Crippen LogP contribution in [0.25, 0.3) is 0 Å². The van der Waals surface area contributed by atoms with Crippen LogP contribution >= 0.6 is 15.9 Å². The summed E-state index contributed by atoms with van der Waals surface area (Å²) >= 11 is 3.51. The summed E-state index contributed by atoms with van der Waals surface area (Å²) in [6.45, 7) is 2.84. The van der Waals surface area contributed by atoms with Crippen LogP contribution in [0.5, 0.6) is 0 Å². The van der Waals surface area contributed by atoms with Gasteiger partial charge in [0.25, 0.3) is 0 Å². The predicted molar refractivity (Wildman–Crippen MR) is 62.7 cm³/mol. The van der Waals surface area contributed by atoms with Crippen LogP contribution in [0.1, 0.15) is 24.0 Å². The fourth-order valence-corrected chi connectivity index (χ4v) is 3.06. The molecular weight excluding hydrogens is 254 g/mol. The Kier molecular flexibility index (Phi) is 2.34. The Morgan fingerprint density at radius 2 is 2.33 bits per heavy atom. The van der Waals surface area contributed by atoms with Crippen molar-refractivity contribution in [1.29, 1.82) is 0 Å². The van der Waals surface area contributed by atoms with Crippen LogP contribution in [0.15, 0.2) is 22.7 Å². The van der Waals surface area contributed by atoms with Gasteiger partial charge in [-0.25, -0.2) is 0 Å². The van der Waals surface area contributed by atoms with Crippen molar-refractivity contribution in [2.75, 3.05) is 13.1 Å². The van der Waals surface area contributed by atoms with E-state index in [1.807, 2.05) is 0 Å². The lowest BCUT2D eigenvalue weighted by Gasteiger charge is -2.34. The molecule has 1 aromatic rings. The summed E-state index contributed by atoms with van der Waals surface area (Å²) < 4.78 is 7.17. The molecule has 0 aliphatic carbocycles. The monoisotopic (exact) mass is 267 g/mol. The molecule has 2 heterocycles. The van der Waals surface area contributed by atoms with Gasteiger partial charge in [-0.05, 0) is 42.6 Å². The van der Waals surface area contributed by atoms with Crippen molar-refractivity contribution in [2.24, 2.45) is 0 Å². The van der Waals surface area contributed by atoms with Crippen molar-refractivity contribution < 1.29 is 4.74 Å². The zero-order valence-corrected chi connectivity index (χ0v) is 10.1. The molecule has 0 saturated carbocycles. The lowest BCUT2D eigenvalue weighted by atomic mass is 9.86. The Labute approximate surface area is 98.1 Å². The molecule has 1 atom stereocenters. The molecule has 1 unspecified atom stereocenters. The Bertz CT molecular complexity index is 385. The van der Waals surface area contributed by atoms with E-state index in [4.69, 9.17) is 4.74 Å². The maximum atomic E-state index is 6.02. The number of hydrogen-bond donors (Lipinski definition) is 1. The van der Waals surface area contributed by atoms with Gasteiger partial charge in [-0.2, -0.15) is 0 Å². The molecular formula is C12H14BrNO. The Morgan fingerprint density at radius 1 is 1.40 bits per heavy atom. The molecule has 80 valence electrons. The maximum Gasteiger partial charge on any atom is 0.106 e. The second-order valence-corrected chi connectivity index (χ2v) is 5.28. The van der Waals surface area contributed by atoms with Crippen molar-refractivity contribution in [3.8, 4) is 0 Å². The Hall–Kier alpha value is -0.380. The number of halogens is 1. The molecule has 2 aliphatic heterocycles. The summed E-state index contributed by atoms with van der Waals surface area (Å²) in [7, 11) is 0. The molecule has 2 nitrogen and oxygen atoms in total. The van der Waals surface area contributed by atoms with Crippen LogP contribution in [0, 0.1) is 0 Å². The van der Waals surface area contributed by atoms with E-state index in [0.29, 0.717) is 0 Å². The fourth-order valence-electron chi connectivity index (χ4n) is 2.65. The molecule has 1 saturated heterocycles. The topological polar surface area (TPSA) is 21.3 Å². The summed E-state index contributed by atoms with van der Waals surface area (Å²) in [6, 6.07) is 6.50. The van der Waals surface area contributed by atoms with Crippen LogP contribution in [-0.2, 0) is 16.9 Å². The third kappa shape index (κ3) is 1.53. The lowest BCUT2D eigenvalue weighted by molar-refractivity contribution is -0.0536. The molecule has 1 N–H and O–H groups in total. The van der Waals surface area contributed by atoms with Gasteiger partial charge in [-0.1, -0.05) is 22.0 Å². The van der Waals surface area contributed by atoms with Crippen LogP contribution in [-0.4, -0.2) is 13.1 Å². The minimum Gasteiger partial charge on any atom is -0.364 e. The highest BCUT2D eigenvalue weighted by Gasteiger charge is 2.40. The van der Waals surface area contributed by atoms with Gasteiger partial charge in [0.15, 0.2) is 0 Å². The quantitative estimate of drug-likeness (QED) is 0.780. The molecule has 3 rings (SSSR count). The predicted octanol–water partition coefficient (Wildman–Crippen LogP) is 2.56. The third-order valence-electron chi connectivity index (χ3n) is 3.41. The van der Waals surface area contributed by atoms with Crippen molar-refractivity contribution in [3.63, 3.8) is 0 Å². The molecule has 0 bridgehead atoms. The second-order valence-electron chi connectivity index (χ2n) is 4.36. The number of nitrogens with one attached hydrogen (secondary N) is 1. The third-order valence-corrected chi connectivity index (χ3v) is 3.90. The van der Waals surface area contributed by atoms with E-state index >= 15 is 0 Å². The first-order chi connectivity index (χ1) is 7.30. The second kappa shape index (κ2) is 3.58. The minimum absolute atomic E-state index is 0.0334. The van der Waals surface area contributed by atoms with Gasteiger partial charge < -0.3 is 10.1 Å². The van der Waals surface area contributed by atoms with E-state index < -0.39 is 0 Å². The molecule has 3 heteroatoms. The Balaban J connectivity index is 2.03. The molecule has 0 radical (unpaired) electrons. The van der Waals surface area contributed by atoms with Gasteiger partial charge in [0, 0.05) is 11.0 Å². The minimum atomic E-state index is -0.0334. The number of hydrogen-bond acceptors (Lipinski definition) is 2. The van der Waals surface area contributed by atoms with Crippen molar-refractivity contribution in [2.45, 2.75) is 25.0 Å². The summed E-state index contributed by atoms with van der Waals surface area (Å²) in [6.07, 6.45) is 2.35. The fraction of sp³-hybridized carbons (Fsp3) is 0.500. The van der Waals surface area contributed by atoms with Gasteiger partial charge in [-0.3, -0.25) is 0 Å². The number of fused-ring (bicyclic) bond motifs is 2. The van der Waals surface area contributed by atoms with E-state index in [-0.39, 0.29) is 5.60 Å². The number of ether oxygens (including phenoxy) is 1. The van der Waals surface area contributed by atoms with Gasteiger partial charge >= 0.3 is 0 Å². The smallest absolute Gasteiger partial charge is 0.106 e. The highest BCUT2D eigenvalue weighted by atomic mass is 79.9. The first-order valence-corrected chi connectivity index (χ1v) is 6.23. The lowest BCUT2D eigenvalue weighted by Crippen LogP contribution is -2.43. The molecule has 1 aromatic carbocycles. The summed E-state index contributed by atoms with van der Waals surface area (Å²) in [5.74, 6) is 0. The zero-order chi connectivity index (χ0) is 10.3. The Morgan fingerprint density at radius 3 is 3.13 bits per heavy atom. The van der Waals surface area contributed by atoms with Gasteiger partial charge in [-0.15, -0.1) is 0 Å². The maximum absolute atomic E-state index is 6.02. The average molecular weight is 268 g/mol. The van der Waals surface area contributed by atoms with E-state index in [0.717, 1.165) is 30.6 Å². The van der Waals surface area contributed by atoms with Crippen LogP contribution < -0.4 is 5.32 Å². The van der Waals surface area contributed by atoms with E-state index in [1.165, 1.54) is 17.5 Å². The van der Waals surface area contributed by atoms with Crippen LogP contribution in [0.4, 0.5) is 0 Å². The largest absolute Gasteiger partial charge is 0.364 e. The molecule has 2 aliphatic rings. The van der Waals surface area contributed by atoms with Crippen LogP contribution in [0.2, 0.25) is 0 Å². The van der Waals surface area contributed by atoms with Gasteiger partial charge in [0.1, 0.15) is 5.60 Å². The highest BCUT2D eigenvalue weighted by molar-refractivity contribution is 9.10. The SMILES string of the molecule is Brc1ccc2c(c1)COC21CCCNC1. The van der Waals surface area contributed by atoms with Crippen LogP contribution in [0.3, 0.4) is 0 Å². The molecule has 0 aromatic heterocycles. The zero-order valence-electron chi connectivity index (χ0n) is 8.55. The number of rotatable bonds is 0. The van der Waals surface area contributed by atoms with Gasteiger partial charge in [0.2, 0.25) is 0 Å². The van der Waals surface area contributed by atoms with Crippen molar-refractivity contribution in [3.05, 3.63) is 33.8 Å². The average Bonchev–Trinajstić information content (AvgIpc) is 2.58. The first kappa shape index (κ1) is 9.82. The number of benzene rings is 1. The number of piperidine rings is 1. The highest BCUT2D eigenvalue weighted by Crippen LogP contribution is 2.41. The molecule has 1 fully saturated rings. The van der Waals surface area contributed by atoms with E-state index in [2.05, 4.69) is 39.4 Å².